The van der Waals surface area contributed by atoms with Crippen molar-refractivity contribution in [1.29, 1.82) is 0 Å². The number of hydrogen-bond donors (Lipinski definition) is 0. The summed E-state index contributed by atoms with van der Waals surface area (Å²) in [6, 6.07) is 16.5. The van der Waals surface area contributed by atoms with Crippen molar-refractivity contribution in [2.24, 2.45) is 0 Å². The number of nitrogens with zero attached hydrogens (tertiary/aromatic N) is 3. The van der Waals surface area contributed by atoms with Crippen LogP contribution < -0.4 is 9.47 Å². The first-order valence-corrected chi connectivity index (χ1v) is 10.7. The zero-order chi connectivity index (χ0) is 20.1. The van der Waals surface area contributed by atoms with E-state index in [0.717, 1.165) is 42.5 Å². The SMILES string of the molecule is COc1ccccc1OCCn1c(C(C)N2CCCCCC2)nc2ccccc21. The fourth-order valence-corrected chi connectivity index (χ4v) is 4.28. The van der Waals surface area contributed by atoms with Crippen molar-refractivity contribution in [3.63, 3.8) is 0 Å². The number of likely N-dealkylation sites (tertiary alicyclic amines) is 1. The molecule has 1 fully saturated rings. The van der Waals surface area contributed by atoms with Crippen LogP contribution in [-0.4, -0.2) is 41.3 Å². The van der Waals surface area contributed by atoms with E-state index in [-0.39, 0.29) is 0 Å². The van der Waals surface area contributed by atoms with Crippen LogP contribution in [0, 0.1) is 0 Å². The van der Waals surface area contributed by atoms with E-state index < -0.39 is 0 Å². The summed E-state index contributed by atoms with van der Waals surface area (Å²) in [4.78, 5) is 7.61. The largest absolute Gasteiger partial charge is 0.493 e. The van der Waals surface area contributed by atoms with Gasteiger partial charge in [0, 0.05) is 0 Å². The van der Waals surface area contributed by atoms with Crippen LogP contribution in [0.4, 0.5) is 0 Å². The topological polar surface area (TPSA) is 39.5 Å². The first kappa shape index (κ1) is 19.8. The second-order valence-electron chi connectivity index (χ2n) is 7.74. The Kier molecular flexibility index (Phi) is 6.35. The van der Waals surface area contributed by atoms with Crippen molar-refractivity contribution >= 4 is 11.0 Å². The van der Waals surface area contributed by atoms with Gasteiger partial charge < -0.3 is 14.0 Å². The van der Waals surface area contributed by atoms with E-state index in [2.05, 4.69) is 40.7 Å². The Morgan fingerprint density at radius 1 is 0.931 bits per heavy atom. The molecule has 0 spiro atoms. The molecule has 0 bridgehead atoms. The summed E-state index contributed by atoms with van der Waals surface area (Å²) in [5.74, 6) is 2.68. The van der Waals surface area contributed by atoms with E-state index in [0.29, 0.717) is 12.6 Å². The van der Waals surface area contributed by atoms with Crippen LogP contribution in [0.5, 0.6) is 11.5 Å². The molecule has 0 amide bonds. The van der Waals surface area contributed by atoms with Crippen LogP contribution in [0.1, 0.15) is 44.5 Å². The number of fused-ring (bicyclic) bond motifs is 1. The van der Waals surface area contributed by atoms with E-state index in [4.69, 9.17) is 14.5 Å². The van der Waals surface area contributed by atoms with Gasteiger partial charge in [-0.05, 0) is 57.1 Å². The molecule has 29 heavy (non-hydrogen) atoms. The highest BCUT2D eigenvalue weighted by atomic mass is 16.5. The van der Waals surface area contributed by atoms with Gasteiger partial charge in [-0.1, -0.05) is 37.1 Å². The van der Waals surface area contributed by atoms with Crippen molar-refractivity contribution in [2.45, 2.75) is 45.2 Å². The van der Waals surface area contributed by atoms with E-state index in [1.165, 1.54) is 31.2 Å². The average molecular weight is 394 g/mol. The maximum Gasteiger partial charge on any atom is 0.161 e. The molecule has 0 saturated carbocycles. The van der Waals surface area contributed by atoms with Gasteiger partial charge in [-0.15, -0.1) is 0 Å². The van der Waals surface area contributed by atoms with Crippen LogP contribution in [0.3, 0.4) is 0 Å². The Morgan fingerprint density at radius 3 is 2.38 bits per heavy atom. The van der Waals surface area contributed by atoms with Gasteiger partial charge in [-0.3, -0.25) is 4.90 Å². The maximum absolute atomic E-state index is 6.06. The molecular formula is C24H31N3O2. The molecule has 2 heterocycles. The number of hydrogen-bond acceptors (Lipinski definition) is 4. The maximum atomic E-state index is 6.06. The van der Waals surface area contributed by atoms with Crippen molar-refractivity contribution < 1.29 is 9.47 Å². The van der Waals surface area contributed by atoms with E-state index >= 15 is 0 Å². The lowest BCUT2D eigenvalue weighted by atomic mass is 10.2. The molecule has 5 nitrogen and oxygen atoms in total. The number of aromatic nitrogens is 2. The highest BCUT2D eigenvalue weighted by Gasteiger charge is 2.23. The minimum Gasteiger partial charge on any atom is -0.493 e. The van der Waals surface area contributed by atoms with Crippen molar-refractivity contribution in [3.8, 4) is 11.5 Å². The summed E-state index contributed by atoms with van der Waals surface area (Å²) in [5, 5.41) is 0. The molecule has 0 radical (unpaired) electrons. The predicted octanol–water partition coefficient (Wildman–Crippen LogP) is 5.06. The molecule has 0 aliphatic carbocycles. The third-order valence-electron chi connectivity index (χ3n) is 5.89. The average Bonchev–Trinajstić information content (AvgIpc) is 2.92. The van der Waals surface area contributed by atoms with Gasteiger partial charge in [0.25, 0.3) is 0 Å². The van der Waals surface area contributed by atoms with Gasteiger partial charge in [0.05, 0.1) is 30.7 Å². The lowest BCUT2D eigenvalue weighted by molar-refractivity contribution is 0.204. The Hall–Kier alpha value is -2.53. The lowest BCUT2D eigenvalue weighted by Gasteiger charge is -2.27. The molecule has 1 aromatic heterocycles. The highest BCUT2D eigenvalue weighted by molar-refractivity contribution is 5.76. The zero-order valence-electron chi connectivity index (χ0n) is 17.5. The second kappa shape index (κ2) is 9.31. The Bertz CT molecular complexity index is 929. The van der Waals surface area contributed by atoms with Crippen LogP contribution in [0.25, 0.3) is 11.0 Å². The molecule has 0 N–H and O–H groups in total. The normalized spacial score (nSPS) is 16.5. The molecule has 1 atom stereocenters. The third-order valence-corrected chi connectivity index (χ3v) is 5.89. The summed E-state index contributed by atoms with van der Waals surface area (Å²) in [6.45, 7) is 5.93. The standard InChI is InChI=1S/C24H31N3O2/c1-19(26-15-9-3-4-10-16-26)24-25-20-11-5-6-12-21(20)27(24)17-18-29-23-14-8-7-13-22(23)28-2/h5-8,11-14,19H,3-4,9-10,15-18H2,1-2H3. The van der Waals surface area contributed by atoms with Crippen LogP contribution in [0.15, 0.2) is 48.5 Å². The summed E-state index contributed by atoms with van der Waals surface area (Å²) in [6.07, 6.45) is 5.24. The molecule has 1 unspecified atom stereocenters. The second-order valence-corrected chi connectivity index (χ2v) is 7.74. The lowest BCUT2D eigenvalue weighted by Crippen LogP contribution is -2.30. The first-order valence-electron chi connectivity index (χ1n) is 10.7. The zero-order valence-corrected chi connectivity index (χ0v) is 17.5. The molecule has 1 aliphatic rings. The van der Waals surface area contributed by atoms with Gasteiger partial charge in [0.15, 0.2) is 11.5 Å². The highest BCUT2D eigenvalue weighted by Crippen LogP contribution is 2.28. The molecule has 3 aromatic rings. The molecule has 154 valence electrons. The van der Waals surface area contributed by atoms with Crippen LogP contribution in [-0.2, 0) is 6.54 Å². The molecule has 1 aliphatic heterocycles. The number of imidazole rings is 1. The number of para-hydroxylation sites is 4. The van der Waals surface area contributed by atoms with Gasteiger partial charge in [0.2, 0.25) is 0 Å². The molecule has 2 aromatic carbocycles. The van der Waals surface area contributed by atoms with Crippen LogP contribution >= 0.6 is 0 Å². The number of benzene rings is 2. The quantitative estimate of drug-likeness (QED) is 0.562. The van der Waals surface area contributed by atoms with Gasteiger partial charge >= 0.3 is 0 Å². The predicted molar refractivity (Wildman–Crippen MR) is 117 cm³/mol. The molecular weight excluding hydrogens is 362 g/mol. The summed E-state index contributed by atoms with van der Waals surface area (Å²) in [5.41, 5.74) is 2.23. The number of methoxy groups -OCH3 is 1. The molecule has 4 rings (SSSR count). The van der Waals surface area contributed by atoms with E-state index in [1.807, 2.05) is 24.3 Å². The van der Waals surface area contributed by atoms with Crippen LogP contribution in [0.2, 0.25) is 0 Å². The van der Waals surface area contributed by atoms with Gasteiger partial charge in [-0.2, -0.15) is 0 Å². The summed E-state index contributed by atoms with van der Waals surface area (Å²) >= 11 is 0. The Balaban J connectivity index is 1.56. The van der Waals surface area contributed by atoms with E-state index in [1.54, 1.807) is 7.11 Å². The fourth-order valence-electron chi connectivity index (χ4n) is 4.28. The Morgan fingerprint density at radius 2 is 1.62 bits per heavy atom. The van der Waals surface area contributed by atoms with E-state index in [9.17, 15) is 0 Å². The minimum absolute atomic E-state index is 0.298. The fraction of sp³-hybridized carbons (Fsp3) is 0.458. The van der Waals surface area contributed by atoms with Gasteiger partial charge in [-0.25, -0.2) is 4.98 Å². The first-order chi connectivity index (χ1) is 14.3. The number of ether oxygens (including phenoxy) is 2. The van der Waals surface area contributed by atoms with Crippen molar-refractivity contribution in [2.75, 3.05) is 26.8 Å². The molecule has 1 saturated heterocycles. The molecule has 5 heteroatoms. The summed E-state index contributed by atoms with van der Waals surface area (Å²) in [7, 11) is 1.67. The summed E-state index contributed by atoms with van der Waals surface area (Å²) < 4.78 is 13.8. The van der Waals surface area contributed by atoms with Gasteiger partial charge in [0.1, 0.15) is 12.4 Å². The van der Waals surface area contributed by atoms with Crippen molar-refractivity contribution in [3.05, 3.63) is 54.4 Å². The minimum atomic E-state index is 0.298. The monoisotopic (exact) mass is 393 g/mol. The third kappa shape index (κ3) is 4.40. The smallest absolute Gasteiger partial charge is 0.161 e. The number of rotatable bonds is 7. The van der Waals surface area contributed by atoms with Crippen molar-refractivity contribution in [1.82, 2.24) is 14.5 Å². The Labute approximate surface area is 173 Å².